The van der Waals surface area contributed by atoms with Gasteiger partial charge in [-0.1, -0.05) is 64.2 Å². The fourth-order valence-electron chi connectivity index (χ4n) is 23.4. The summed E-state index contributed by atoms with van der Waals surface area (Å²) >= 11 is 0. The normalized spacial score (nSPS) is 66.4. The number of hydrogen-bond donors (Lipinski definition) is 0. The number of rotatable bonds is 0. The number of nitrogens with zero attached hydrogens (tertiary/aromatic N) is 4. The van der Waals surface area contributed by atoms with Gasteiger partial charge in [-0.2, -0.15) is 0 Å². The molecule has 0 amide bonds. The van der Waals surface area contributed by atoms with E-state index in [2.05, 4.69) is 19.6 Å². The van der Waals surface area contributed by atoms with E-state index in [1.54, 1.807) is 135 Å². The molecule has 0 radical (unpaired) electrons. The molecule has 4 nitrogen and oxygen atoms in total. The molecule has 16 rings (SSSR count). The summed E-state index contributed by atoms with van der Waals surface area (Å²) in [7, 11) is 0. The van der Waals surface area contributed by atoms with E-state index in [1.165, 1.54) is 0 Å². The van der Waals surface area contributed by atoms with Crippen molar-refractivity contribution in [3.05, 3.63) is 0 Å². The predicted molar refractivity (Wildman–Crippen MR) is 205 cm³/mol. The van der Waals surface area contributed by atoms with Gasteiger partial charge in [-0.15, -0.1) is 0 Å². The highest BCUT2D eigenvalue weighted by atomic mass is 15.5. The van der Waals surface area contributed by atoms with Gasteiger partial charge < -0.3 is 0 Å². The highest BCUT2D eigenvalue weighted by Gasteiger charge is 2.82. The van der Waals surface area contributed by atoms with E-state index in [0.29, 0.717) is 0 Å². The van der Waals surface area contributed by atoms with E-state index in [0.717, 1.165) is 156 Å². The van der Waals surface area contributed by atoms with Crippen LogP contribution in [0.3, 0.4) is 0 Å². The van der Waals surface area contributed by atoms with Crippen LogP contribution in [0.2, 0.25) is 34.9 Å². The molecule has 0 N–H and O–H groups in total. The van der Waals surface area contributed by atoms with Crippen molar-refractivity contribution in [3.63, 3.8) is 0 Å². The summed E-state index contributed by atoms with van der Waals surface area (Å²) in [6.45, 7) is 2.17. The predicted octanol–water partition coefficient (Wildman–Crippen LogP) is 7.94. The molecule has 0 aromatic heterocycles. The second kappa shape index (κ2) is 9.73. The number of fused-ring (bicyclic) bond motifs is 8. The van der Waals surface area contributed by atoms with Crippen LogP contribution >= 0.6 is 0 Å². The van der Waals surface area contributed by atoms with E-state index < -0.39 is 0 Å². The van der Waals surface area contributed by atoms with Gasteiger partial charge in [-0.3, -0.25) is 19.6 Å². The zero-order valence-corrected chi connectivity index (χ0v) is 31.6. The van der Waals surface area contributed by atoms with Crippen LogP contribution in [-0.4, -0.2) is 106 Å². The van der Waals surface area contributed by atoms with E-state index in [-0.39, 0.29) is 0 Å². The van der Waals surface area contributed by atoms with Crippen molar-refractivity contribution in [1.82, 2.24) is 19.6 Å². The molecular weight excluding hydrogens is 618 g/mol. The third kappa shape index (κ3) is 3.12. The van der Waals surface area contributed by atoms with Gasteiger partial charge in [-0.25, -0.2) is 0 Å². The molecule has 7 aliphatic carbocycles. The minimum atomic E-state index is 0.917. The standard InChI is InChI=1S/C45H66B2N4/c1-3-11-30-28(9-1)46-29-10-2-4-12-31(29)49-33-14-6-8-25-21-27-18-16-23-19-22-15-17-26-20-24-7-5-13-32-38(24)50-40(26)34(22)47-35(23)41(27)51(39(25)33)45-37(47)44(50)42(48(30)32)36(46)43(45)49/h22-45H,1-21H2. The highest BCUT2D eigenvalue weighted by molar-refractivity contribution is 6.67. The van der Waals surface area contributed by atoms with Gasteiger partial charge in [0.2, 0.25) is 0 Å². The van der Waals surface area contributed by atoms with Crippen molar-refractivity contribution in [2.75, 3.05) is 0 Å². The fraction of sp³-hybridized carbons (Fsp3) is 1.00. The number of piperidine rings is 2. The smallest absolute Gasteiger partial charge is 0.157 e. The average Bonchev–Trinajstić information content (AvgIpc) is 3.18. The lowest BCUT2D eigenvalue weighted by atomic mass is 9.10. The van der Waals surface area contributed by atoms with Crippen molar-refractivity contribution >= 4 is 13.4 Å². The Morgan fingerprint density at radius 3 is 1.24 bits per heavy atom. The Morgan fingerprint density at radius 2 is 0.686 bits per heavy atom. The first-order chi connectivity index (χ1) is 25.3. The van der Waals surface area contributed by atoms with Crippen molar-refractivity contribution in [2.24, 2.45) is 35.5 Å². The Morgan fingerprint density at radius 1 is 0.275 bits per heavy atom. The number of piperazine rings is 2. The van der Waals surface area contributed by atoms with Crippen LogP contribution < -0.4 is 0 Å². The lowest BCUT2D eigenvalue weighted by Gasteiger charge is -2.86. The minimum absolute atomic E-state index is 0.917. The van der Waals surface area contributed by atoms with Crippen molar-refractivity contribution < 1.29 is 0 Å². The molecule has 22 atom stereocenters. The van der Waals surface area contributed by atoms with E-state index >= 15 is 0 Å². The van der Waals surface area contributed by atoms with Gasteiger partial charge in [0.25, 0.3) is 0 Å². The van der Waals surface area contributed by atoms with Crippen molar-refractivity contribution in [1.29, 1.82) is 0 Å². The quantitative estimate of drug-likeness (QED) is 0.241. The average molecular weight is 685 g/mol. The fourth-order valence-corrected chi connectivity index (χ4v) is 23.4. The lowest BCUT2D eigenvalue weighted by molar-refractivity contribution is -0.253. The maximum Gasteiger partial charge on any atom is 0.157 e. The Bertz CT molecular complexity index is 1430. The van der Waals surface area contributed by atoms with Gasteiger partial charge >= 0.3 is 0 Å². The Labute approximate surface area is 309 Å². The van der Waals surface area contributed by atoms with Gasteiger partial charge in [0, 0.05) is 72.5 Å². The molecule has 0 aromatic rings. The maximum absolute atomic E-state index is 3.67. The zero-order chi connectivity index (χ0) is 32.2. The molecule has 7 saturated carbocycles. The molecule has 22 unspecified atom stereocenters. The first kappa shape index (κ1) is 29.2. The summed E-state index contributed by atoms with van der Waals surface area (Å²) in [5.41, 5.74) is 0. The molecule has 9 saturated heterocycles. The van der Waals surface area contributed by atoms with E-state index in [9.17, 15) is 0 Å². The van der Waals surface area contributed by atoms with Gasteiger partial charge in [0.15, 0.2) is 13.4 Å². The van der Waals surface area contributed by atoms with Crippen LogP contribution in [0.25, 0.3) is 0 Å². The molecule has 9 aliphatic heterocycles. The summed E-state index contributed by atoms with van der Waals surface area (Å²) in [5.74, 6) is 12.6. The molecule has 6 heteroatoms. The molecule has 272 valence electrons. The number of hydrogen-bond acceptors (Lipinski definition) is 4. The molecule has 0 spiro atoms. The summed E-state index contributed by atoms with van der Waals surface area (Å²) in [4.78, 5) is 14.6. The largest absolute Gasteiger partial charge is 0.292 e. The molecular formula is C45H66B2N4. The van der Waals surface area contributed by atoms with Crippen LogP contribution in [0.15, 0.2) is 0 Å². The van der Waals surface area contributed by atoms with Gasteiger partial charge in [-0.05, 0) is 141 Å². The van der Waals surface area contributed by atoms with Crippen LogP contribution in [-0.2, 0) is 0 Å². The van der Waals surface area contributed by atoms with Crippen LogP contribution in [0.5, 0.6) is 0 Å². The Hall–Kier alpha value is -0.0301. The van der Waals surface area contributed by atoms with Gasteiger partial charge in [0.1, 0.15) is 0 Å². The summed E-state index contributed by atoms with van der Waals surface area (Å²) in [6.07, 6.45) is 33.5. The minimum Gasteiger partial charge on any atom is -0.292 e. The molecule has 51 heavy (non-hydrogen) atoms. The second-order valence-electron chi connectivity index (χ2n) is 23.6. The second-order valence-corrected chi connectivity index (χ2v) is 23.6. The topological polar surface area (TPSA) is 13.0 Å². The van der Waals surface area contributed by atoms with Crippen molar-refractivity contribution in [2.45, 2.75) is 242 Å². The summed E-state index contributed by atoms with van der Waals surface area (Å²) in [6, 6.07) is 11.3. The monoisotopic (exact) mass is 685 g/mol. The van der Waals surface area contributed by atoms with Crippen molar-refractivity contribution in [3.8, 4) is 0 Å². The van der Waals surface area contributed by atoms with E-state index in [4.69, 9.17) is 0 Å². The highest BCUT2D eigenvalue weighted by Crippen LogP contribution is 2.77. The summed E-state index contributed by atoms with van der Waals surface area (Å²) < 4.78 is 0. The first-order valence-electron chi connectivity index (χ1n) is 24.4. The molecule has 16 fully saturated rings. The third-order valence-corrected chi connectivity index (χ3v) is 23.3. The summed E-state index contributed by atoms with van der Waals surface area (Å²) in [5, 5.41) is 0. The van der Waals surface area contributed by atoms with Crippen LogP contribution in [0.4, 0.5) is 0 Å². The zero-order valence-electron chi connectivity index (χ0n) is 31.6. The van der Waals surface area contributed by atoms with Crippen LogP contribution in [0, 0.1) is 35.5 Å². The Kier molecular flexibility index (Phi) is 5.58. The molecule has 0 aromatic carbocycles. The first-order valence-corrected chi connectivity index (χ1v) is 24.4. The molecule has 0 bridgehead atoms. The lowest BCUT2D eigenvalue weighted by Crippen LogP contribution is -2.94. The maximum atomic E-state index is 3.67. The molecule has 16 aliphatic rings. The van der Waals surface area contributed by atoms with E-state index in [1.807, 2.05) is 0 Å². The van der Waals surface area contributed by atoms with Gasteiger partial charge in [0.05, 0.1) is 0 Å². The van der Waals surface area contributed by atoms with Crippen LogP contribution in [0.1, 0.15) is 135 Å². The Balaban J connectivity index is 0.995. The SMILES string of the molecule is C1CCC2C(C1)B1C3CCCCC3N3C4CCCC5CC6CCC7CC8CCC9CC%10CCCC%11C%10N%10C9C8B8C7C6N(C54)C4C8C%10C(C1C43)N2%11. The molecule has 9 heterocycles. The third-order valence-electron chi connectivity index (χ3n) is 23.3.